The van der Waals surface area contributed by atoms with Crippen molar-refractivity contribution >= 4 is 44.8 Å². The van der Waals surface area contributed by atoms with Crippen LogP contribution in [0.1, 0.15) is 11.4 Å². The number of nitrogens with zero attached hydrogens (tertiary/aromatic N) is 5. The van der Waals surface area contributed by atoms with E-state index < -0.39 is 0 Å². The zero-order valence-electron chi connectivity index (χ0n) is 18.4. The summed E-state index contributed by atoms with van der Waals surface area (Å²) in [4.78, 5) is 28.5. The molecule has 0 atom stereocenters. The fourth-order valence-electron chi connectivity index (χ4n) is 4.41. The molecule has 3 aromatic carbocycles. The largest absolute Gasteiger partial charge is 0.296 e. The number of aromatic nitrogens is 5. The molecule has 166 valence electrons. The zero-order valence-corrected chi connectivity index (χ0v) is 19.2. The molecule has 0 unspecified atom stereocenters. The normalized spacial score (nSPS) is 11.6. The van der Waals surface area contributed by atoms with Crippen molar-refractivity contribution in [2.24, 2.45) is 0 Å². The van der Waals surface area contributed by atoms with Crippen molar-refractivity contribution in [1.82, 2.24) is 24.1 Å². The molecule has 0 amide bonds. The number of hydrogen-bond acceptors (Lipinski definition) is 4. The number of aryl methyl sites for hydroxylation is 2. The quantitative estimate of drug-likeness (QED) is 0.345. The fourth-order valence-corrected chi connectivity index (χ4v) is 4.54. The molecule has 0 aliphatic rings. The predicted octanol–water partition coefficient (Wildman–Crippen LogP) is 5.49. The summed E-state index contributed by atoms with van der Waals surface area (Å²) >= 11 is 6.14. The number of hydrogen-bond donors (Lipinski definition) is 0. The van der Waals surface area contributed by atoms with Crippen molar-refractivity contribution in [2.75, 3.05) is 0 Å². The van der Waals surface area contributed by atoms with E-state index in [1.54, 1.807) is 4.57 Å². The van der Waals surface area contributed by atoms with Gasteiger partial charge in [0, 0.05) is 17.3 Å². The van der Waals surface area contributed by atoms with E-state index >= 15 is 0 Å². The average Bonchev–Trinajstić information content (AvgIpc) is 3.16. The molecule has 0 saturated heterocycles. The first-order valence-corrected chi connectivity index (χ1v) is 11.5. The lowest BCUT2D eigenvalue weighted by Gasteiger charge is -2.11. The maximum Gasteiger partial charge on any atom is 0.265 e. The lowest BCUT2D eigenvalue weighted by Crippen LogP contribution is -2.25. The maximum atomic E-state index is 13.8. The van der Waals surface area contributed by atoms with Gasteiger partial charge in [-0.15, -0.1) is 0 Å². The Morgan fingerprint density at radius 2 is 1.47 bits per heavy atom. The lowest BCUT2D eigenvalue weighted by atomic mass is 10.1. The summed E-state index contributed by atoms with van der Waals surface area (Å²) in [6, 6.07) is 25.2. The van der Waals surface area contributed by atoms with E-state index in [4.69, 9.17) is 26.6 Å². The average molecular weight is 466 g/mol. The third-order valence-electron chi connectivity index (χ3n) is 6.11. The highest BCUT2D eigenvalue weighted by molar-refractivity contribution is 6.30. The Kier molecular flexibility index (Phi) is 4.89. The molecule has 0 aliphatic carbocycles. The summed E-state index contributed by atoms with van der Waals surface area (Å²) in [5.74, 6) is 0.649. The second-order valence-corrected chi connectivity index (χ2v) is 8.68. The van der Waals surface area contributed by atoms with Crippen LogP contribution in [0, 0.1) is 6.92 Å². The maximum absolute atomic E-state index is 13.8. The molecule has 0 saturated carbocycles. The van der Waals surface area contributed by atoms with Crippen LogP contribution in [0.5, 0.6) is 0 Å². The number of halogens is 1. The standard InChI is InChI=1S/C27H20ClN5O/c1-17-29-25-23(27(34)32(17)16-15-18-7-3-2-4-8-18)24-26(31-22-10-6-5-9-21(22)30-24)33(25)20-13-11-19(28)12-14-20/h2-14H,15-16H2,1H3. The highest BCUT2D eigenvalue weighted by Gasteiger charge is 2.22. The molecule has 3 heterocycles. The van der Waals surface area contributed by atoms with Gasteiger partial charge in [0.1, 0.15) is 16.7 Å². The van der Waals surface area contributed by atoms with Gasteiger partial charge in [0.25, 0.3) is 5.56 Å². The summed E-state index contributed by atoms with van der Waals surface area (Å²) in [7, 11) is 0. The molecular formula is C27H20ClN5O. The van der Waals surface area contributed by atoms with E-state index in [0.717, 1.165) is 23.1 Å². The van der Waals surface area contributed by atoms with Crippen LogP contribution in [0.15, 0.2) is 83.7 Å². The van der Waals surface area contributed by atoms with Gasteiger partial charge in [-0.05, 0) is 55.3 Å². The minimum Gasteiger partial charge on any atom is -0.296 e. The highest BCUT2D eigenvalue weighted by Crippen LogP contribution is 2.29. The van der Waals surface area contributed by atoms with Crippen molar-refractivity contribution < 1.29 is 0 Å². The fraction of sp³-hybridized carbons (Fsp3) is 0.111. The Bertz CT molecular complexity index is 1740. The van der Waals surface area contributed by atoms with Gasteiger partial charge in [-0.1, -0.05) is 54.1 Å². The molecule has 6 aromatic rings. The van der Waals surface area contributed by atoms with Crippen molar-refractivity contribution in [3.8, 4) is 5.69 Å². The van der Waals surface area contributed by atoms with Gasteiger partial charge in [-0.25, -0.2) is 15.0 Å². The van der Waals surface area contributed by atoms with Crippen LogP contribution in [0.2, 0.25) is 5.02 Å². The zero-order chi connectivity index (χ0) is 23.2. The molecule has 0 aliphatic heterocycles. The molecule has 0 spiro atoms. The molecule has 3 aromatic heterocycles. The third-order valence-corrected chi connectivity index (χ3v) is 6.36. The van der Waals surface area contributed by atoms with E-state index in [1.807, 2.05) is 78.2 Å². The summed E-state index contributed by atoms with van der Waals surface area (Å²) in [6.45, 7) is 2.40. The third kappa shape index (κ3) is 3.35. The monoisotopic (exact) mass is 465 g/mol. The number of fused-ring (bicyclic) bond motifs is 4. The summed E-state index contributed by atoms with van der Waals surface area (Å²) in [6.07, 6.45) is 0.735. The van der Waals surface area contributed by atoms with E-state index in [0.29, 0.717) is 39.6 Å². The number of para-hydroxylation sites is 2. The van der Waals surface area contributed by atoms with Crippen molar-refractivity contribution in [2.45, 2.75) is 19.9 Å². The van der Waals surface area contributed by atoms with Crippen molar-refractivity contribution in [3.63, 3.8) is 0 Å². The minimum absolute atomic E-state index is 0.110. The number of rotatable bonds is 4. The molecule has 6 rings (SSSR count). The SMILES string of the molecule is Cc1nc2c(c(=O)n1CCc1ccccc1)c1nc3ccccc3nc1n2-c1ccc(Cl)cc1. The Balaban J connectivity index is 1.65. The van der Waals surface area contributed by atoms with Crippen LogP contribution in [-0.2, 0) is 13.0 Å². The first-order chi connectivity index (χ1) is 16.6. The van der Waals surface area contributed by atoms with Gasteiger partial charge in [-0.2, -0.15) is 0 Å². The van der Waals surface area contributed by atoms with E-state index in [2.05, 4.69) is 12.1 Å². The smallest absolute Gasteiger partial charge is 0.265 e. The molecule has 6 nitrogen and oxygen atoms in total. The topological polar surface area (TPSA) is 65.6 Å². The van der Waals surface area contributed by atoms with E-state index in [1.165, 1.54) is 5.56 Å². The Morgan fingerprint density at radius 1 is 0.794 bits per heavy atom. The van der Waals surface area contributed by atoms with Crippen molar-refractivity contribution in [1.29, 1.82) is 0 Å². The number of benzene rings is 3. The van der Waals surface area contributed by atoms with Crippen LogP contribution in [0.25, 0.3) is 38.9 Å². The lowest BCUT2D eigenvalue weighted by molar-refractivity contribution is 0.637. The van der Waals surface area contributed by atoms with Crippen LogP contribution < -0.4 is 5.56 Å². The minimum atomic E-state index is -0.110. The van der Waals surface area contributed by atoms with Crippen LogP contribution in [-0.4, -0.2) is 24.1 Å². The molecule has 0 fully saturated rings. The van der Waals surface area contributed by atoms with Gasteiger partial charge >= 0.3 is 0 Å². The van der Waals surface area contributed by atoms with Crippen LogP contribution in [0.4, 0.5) is 0 Å². The molecule has 7 heteroatoms. The molecule has 0 N–H and O–H groups in total. The Labute approximate surface area is 200 Å². The first kappa shape index (κ1) is 20.6. The van der Waals surface area contributed by atoms with Crippen LogP contribution in [0.3, 0.4) is 0 Å². The van der Waals surface area contributed by atoms with Crippen molar-refractivity contribution in [3.05, 3.63) is 106 Å². The van der Waals surface area contributed by atoms with Gasteiger partial charge in [-0.3, -0.25) is 13.9 Å². The van der Waals surface area contributed by atoms with Gasteiger partial charge < -0.3 is 0 Å². The van der Waals surface area contributed by atoms with Crippen LogP contribution >= 0.6 is 11.6 Å². The Hall–Kier alpha value is -4.03. The van der Waals surface area contributed by atoms with E-state index in [9.17, 15) is 4.79 Å². The second-order valence-electron chi connectivity index (χ2n) is 8.25. The van der Waals surface area contributed by atoms with Gasteiger partial charge in [0.05, 0.1) is 11.0 Å². The molecule has 0 radical (unpaired) electrons. The summed E-state index contributed by atoms with van der Waals surface area (Å²) in [5.41, 5.74) is 5.07. The Morgan fingerprint density at radius 3 is 2.21 bits per heavy atom. The molecule has 34 heavy (non-hydrogen) atoms. The predicted molar refractivity (Wildman–Crippen MR) is 136 cm³/mol. The summed E-state index contributed by atoms with van der Waals surface area (Å²) in [5, 5.41) is 1.11. The van der Waals surface area contributed by atoms with Gasteiger partial charge in [0.2, 0.25) is 0 Å². The molecular weight excluding hydrogens is 446 g/mol. The summed E-state index contributed by atoms with van der Waals surface area (Å²) < 4.78 is 3.63. The first-order valence-electron chi connectivity index (χ1n) is 11.1. The highest BCUT2D eigenvalue weighted by atomic mass is 35.5. The van der Waals surface area contributed by atoms with E-state index in [-0.39, 0.29) is 5.56 Å². The second kappa shape index (κ2) is 8.08. The molecule has 0 bridgehead atoms. The van der Waals surface area contributed by atoms with Gasteiger partial charge in [0.15, 0.2) is 11.3 Å².